The Hall–Kier alpha value is -2.11. The molecule has 124 valence electrons. The van der Waals surface area contributed by atoms with Crippen LogP contribution in [0.25, 0.3) is 0 Å². The molecule has 0 saturated heterocycles. The fraction of sp³-hybridized carbons (Fsp3) is 0.389. The minimum absolute atomic E-state index is 0.404. The van der Waals surface area contributed by atoms with Crippen molar-refractivity contribution in [1.29, 1.82) is 0 Å². The van der Waals surface area contributed by atoms with Gasteiger partial charge in [-0.2, -0.15) is 0 Å². The second-order valence-corrected chi connectivity index (χ2v) is 5.53. The van der Waals surface area contributed by atoms with Crippen molar-refractivity contribution in [2.24, 2.45) is 0 Å². The van der Waals surface area contributed by atoms with E-state index >= 15 is 0 Å². The van der Waals surface area contributed by atoms with E-state index in [4.69, 9.17) is 9.47 Å². The number of hydrogen-bond acceptors (Lipinski definition) is 5. The number of nitrogens with zero attached hydrogens (tertiary/aromatic N) is 2. The largest absolute Gasteiger partial charge is 0.493 e. The molecule has 0 amide bonds. The molecule has 5 heteroatoms. The molecule has 0 saturated carbocycles. The van der Waals surface area contributed by atoms with Crippen LogP contribution in [0.1, 0.15) is 18.2 Å². The molecule has 23 heavy (non-hydrogen) atoms. The molecule has 1 heterocycles. The van der Waals surface area contributed by atoms with Crippen LogP contribution in [0.3, 0.4) is 0 Å². The zero-order valence-corrected chi connectivity index (χ0v) is 13.9. The predicted octanol–water partition coefficient (Wildman–Crippen LogP) is 2.48. The lowest BCUT2D eigenvalue weighted by molar-refractivity contribution is 0.117. The lowest BCUT2D eigenvalue weighted by Crippen LogP contribution is -2.30. The minimum atomic E-state index is -0.404. The minimum Gasteiger partial charge on any atom is -0.493 e. The van der Waals surface area contributed by atoms with E-state index in [1.165, 1.54) is 0 Å². The lowest BCUT2D eigenvalue weighted by atomic mass is 10.1. The second kappa shape index (κ2) is 8.50. The summed E-state index contributed by atoms with van der Waals surface area (Å²) in [7, 11) is 3.25. The average molecular weight is 316 g/mol. The molecule has 2 rings (SSSR count). The quantitative estimate of drug-likeness (QED) is 0.811. The standard InChI is InChI=1S/C18H24N2O3/c1-14(21)11-20(13-16-6-4-5-9-19-16)12-15-7-8-17(22-2)18(10-15)23-3/h4-10,14,21H,11-13H2,1-3H3. The Morgan fingerprint density at radius 2 is 1.87 bits per heavy atom. The van der Waals surface area contributed by atoms with E-state index in [2.05, 4.69) is 9.88 Å². The SMILES string of the molecule is COc1ccc(CN(Cc2ccccn2)CC(C)O)cc1OC. The summed E-state index contributed by atoms with van der Waals surface area (Å²) in [5.41, 5.74) is 2.08. The van der Waals surface area contributed by atoms with Gasteiger partial charge in [0.25, 0.3) is 0 Å². The summed E-state index contributed by atoms with van der Waals surface area (Å²) in [5.74, 6) is 1.42. The third-order valence-corrected chi connectivity index (χ3v) is 3.49. The lowest BCUT2D eigenvalue weighted by Gasteiger charge is -2.24. The van der Waals surface area contributed by atoms with Gasteiger partial charge in [0.15, 0.2) is 11.5 Å². The van der Waals surface area contributed by atoms with Crippen molar-refractivity contribution in [3.8, 4) is 11.5 Å². The van der Waals surface area contributed by atoms with Gasteiger partial charge in [-0.25, -0.2) is 0 Å². The van der Waals surface area contributed by atoms with Gasteiger partial charge in [0, 0.05) is 25.8 Å². The van der Waals surface area contributed by atoms with Crippen LogP contribution in [0.15, 0.2) is 42.6 Å². The molecule has 1 N–H and O–H groups in total. The molecular formula is C18H24N2O3. The van der Waals surface area contributed by atoms with E-state index in [0.29, 0.717) is 31.1 Å². The maximum atomic E-state index is 9.75. The van der Waals surface area contributed by atoms with Crippen LogP contribution in [-0.4, -0.2) is 41.9 Å². The molecule has 1 unspecified atom stereocenters. The van der Waals surface area contributed by atoms with Crippen LogP contribution in [0.5, 0.6) is 11.5 Å². The van der Waals surface area contributed by atoms with E-state index in [1.54, 1.807) is 27.3 Å². The molecule has 0 spiro atoms. The molecule has 1 aromatic heterocycles. The number of rotatable bonds is 8. The first-order chi connectivity index (χ1) is 11.1. The number of ether oxygens (including phenoxy) is 2. The molecule has 1 atom stereocenters. The van der Waals surface area contributed by atoms with Gasteiger partial charge in [-0.15, -0.1) is 0 Å². The van der Waals surface area contributed by atoms with Crippen LogP contribution in [0, 0.1) is 0 Å². The first-order valence-electron chi connectivity index (χ1n) is 7.63. The molecule has 0 aliphatic carbocycles. The van der Waals surface area contributed by atoms with Gasteiger partial charge in [0.05, 0.1) is 26.0 Å². The highest BCUT2D eigenvalue weighted by molar-refractivity contribution is 5.42. The average Bonchev–Trinajstić information content (AvgIpc) is 2.55. The Bertz CT molecular complexity index is 602. The molecular weight excluding hydrogens is 292 g/mol. The Balaban J connectivity index is 2.13. The summed E-state index contributed by atoms with van der Waals surface area (Å²) >= 11 is 0. The molecule has 0 fully saturated rings. The molecule has 0 aliphatic heterocycles. The van der Waals surface area contributed by atoms with Crippen LogP contribution < -0.4 is 9.47 Å². The van der Waals surface area contributed by atoms with E-state index < -0.39 is 6.10 Å². The van der Waals surface area contributed by atoms with Crippen molar-refractivity contribution in [3.05, 3.63) is 53.9 Å². The van der Waals surface area contributed by atoms with Crippen LogP contribution in [0.2, 0.25) is 0 Å². The molecule has 0 radical (unpaired) electrons. The zero-order chi connectivity index (χ0) is 16.7. The van der Waals surface area contributed by atoms with E-state index in [1.807, 2.05) is 36.4 Å². The number of aliphatic hydroxyl groups excluding tert-OH is 1. The Morgan fingerprint density at radius 1 is 1.09 bits per heavy atom. The van der Waals surface area contributed by atoms with Gasteiger partial charge < -0.3 is 14.6 Å². The van der Waals surface area contributed by atoms with Crippen LogP contribution >= 0.6 is 0 Å². The van der Waals surface area contributed by atoms with Gasteiger partial charge in [-0.05, 0) is 36.8 Å². The molecule has 1 aromatic carbocycles. The fourth-order valence-electron chi connectivity index (χ4n) is 2.52. The number of pyridine rings is 1. The first kappa shape index (κ1) is 17.2. The van der Waals surface area contributed by atoms with E-state index in [9.17, 15) is 5.11 Å². The maximum absolute atomic E-state index is 9.75. The third kappa shape index (κ3) is 5.23. The van der Waals surface area contributed by atoms with Crippen molar-refractivity contribution in [2.45, 2.75) is 26.1 Å². The van der Waals surface area contributed by atoms with Crippen molar-refractivity contribution >= 4 is 0 Å². The topological polar surface area (TPSA) is 54.8 Å². The zero-order valence-electron chi connectivity index (χ0n) is 13.9. The first-order valence-corrected chi connectivity index (χ1v) is 7.63. The van der Waals surface area contributed by atoms with Crippen LogP contribution in [0.4, 0.5) is 0 Å². The monoisotopic (exact) mass is 316 g/mol. The van der Waals surface area contributed by atoms with Crippen molar-refractivity contribution in [2.75, 3.05) is 20.8 Å². The number of hydrogen-bond donors (Lipinski definition) is 1. The number of benzene rings is 1. The van der Waals surface area contributed by atoms with Crippen molar-refractivity contribution in [1.82, 2.24) is 9.88 Å². The summed E-state index contributed by atoms with van der Waals surface area (Å²) in [6.45, 7) is 3.74. The molecule has 5 nitrogen and oxygen atoms in total. The van der Waals surface area contributed by atoms with E-state index in [-0.39, 0.29) is 0 Å². The summed E-state index contributed by atoms with van der Waals surface area (Å²) in [4.78, 5) is 6.52. The molecule has 2 aromatic rings. The highest BCUT2D eigenvalue weighted by Gasteiger charge is 2.12. The smallest absolute Gasteiger partial charge is 0.161 e. The summed E-state index contributed by atoms with van der Waals surface area (Å²) in [6, 6.07) is 11.7. The second-order valence-electron chi connectivity index (χ2n) is 5.53. The summed E-state index contributed by atoms with van der Waals surface area (Å²) in [5, 5.41) is 9.75. The van der Waals surface area contributed by atoms with Gasteiger partial charge >= 0.3 is 0 Å². The van der Waals surface area contributed by atoms with Crippen LogP contribution in [-0.2, 0) is 13.1 Å². The number of aliphatic hydroxyl groups is 1. The number of methoxy groups -OCH3 is 2. The molecule has 0 bridgehead atoms. The van der Waals surface area contributed by atoms with Gasteiger partial charge in [-0.1, -0.05) is 12.1 Å². The summed E-state index contributed by atoms with van der Waals surface area (Å²) < 4.78 is 10.6. The normalized spacial score (nSPS) is 12.2. The summed E-state index contributed by atoms with van der Waals surface area (Å²) in [6.07, 6.45) is 1.38. The van der Waals surface area contributed by atoms with E-state index in [0.717, 1.165) is 11.3 Å². The predicted molar refractivity (Wildman–Crippen MR) is 89.6 cm³/mol. The number of aromatic nitrogens is 1. The maximum Gasteiger partial charge on any atom is 0.161 e. The van der Waals surface area contributed by atoms with Gasteiger partial charge in [0.2, 0.25) is 0 Å². The Labute approximate surface area is 137 Å². The van der Waals surface area contributed by atoms with Crippen molar-refractivity contribution in [3.63, 3.8) is 0 Å². The third-order valence-electron chi connectivity index (χ3n) is 3.49. The Kier molecular flexibility index (Phi) is 6.38. The van der Waals surface area contributed by atoms with Gasteiger partial charge in [0.1, 0.15) is 0 Å². The molecule has 0 aliphatic rings. The fourth-order valence-corrected chi connectivity index (χ4v) is 2.52. The Morgan fingerprint density at radius 3 is 2.48 bits per heavy atom. The van der Waals surface area contributed by atoms with Crippen molar-refractivity contribution < 1.29 is 14.6 Å². The van der Waals surface area contributed by atoms with Gasteiger partial charge in [-0.3, -0.25) is 9.88 Å². The highest BCUT2D eigenvalue weighted by atomic mass is 16.5. The highest BCUT2D eigenvalue weighted by Crippen LogP contribution is 2.28.